The second-order valence-corrected chi connectivity index (χ2v) is 4.03. The normalized spacial score (nSPS) is 11.9. The summed E-state index contributed by atoms with van der Waals surface area (Å²) in [6.07, 6.45) is 0. The zero-order valence-electron chi connectivity index (χ0n) is 10.2. The van der Waals surface area contributed by atoms with Gasteiger partial charge in [-0.15, -0.1) is 0 Å². The third-order valence-corrected chi connectivity index (χ3v) is 2.46. The molecule has 0 saturated heterocycles. The first kappa shape index (κ1) is 13.2. The second kappa shape index (κ2) is 5.43. The molecule has 1 aromatic heterocycles. The van der Waals surface area contributed by atoms with Crippen molar-refractivity contribution in [3.63, 3.8) is 0 Å². The topological polar surface area (TPSA) is 79.3 Å². The maximum atomic E-state index is 11.8. The van der Waals surface area contributed by atoms with Gasteiger partial charge in [0.1, 0.15) is 0 Å². The molecule has 0 bridgehead atoms. The van der Waals surface area contributed by atoms with Crippen molar-refractivity contribution in [1.82, 2.24) is 10.3 Å². The van der Waals surface area contributed by atoms with Gasteiger partial charge in [0.05, 0.1) is 17.2 Å². The summed E-state index contributed by atoms with van der Waals surface area (Å²) in [7, 11) is 0. The number of amides is 1. The average molecular weight is 236 g/mol. The Morgan fingerprint density at radius 1 is 1.41 bits per heavy atom. The summed E-state index contributed by atoms with van der Waals surface area (Å²) in [5.74, 6) is -1.81. The molecule has 0 fully saturated rings. The number of rotatable bonds is 4. The van der Waals surface area contributed by atoms with Gasteiger partial charge >= 0.3 is 5.97 Å². The van der Waals surface area contributed by atoms with E-state index in [9.17, 15) is 9.59 Å². The van der Waals surface area contributed by atoms with Crippen LogP contribution in [-0.2, 0) is 4.79 Å². The number of pyridine rings is 1. The number of carboxylic acid groups (broad SMARTS) is 1. The average Bonchev–Trinajstić information content (AvgIpc) is 2.25. The molecule has 0 radical (unpaired) electrons. The minimum absolute atomic E-state index is 0.113. The molecular weight excluding hydrogens is 220 g/mol. The third-order valence-electron chi connectivity index (χ3n) is 2.46. The standard InChI is InChI=1S/C12H16N2O3/c1-7(12(16)17)6-13-11(15)10-5-4-8(2)14-9(10)3/h4-5,7H,6H2,1-3H3,(H,13,15)(H,16,17). The summed E-state index contributed by atoms with van der Waals surface area (Å²) >= 11 is 0. The highest BCUT2D eigenvalue weighted by molar-refractivity contribution is 5.95. The lowest BCUT2D eigenvalue weighted by Gasteiger charge is -2.09. The zero-order valence-corrected chi connectivity index (χ0v) is 10.2. The van der Waals surface area contributed by atoms with Gasteiger partial charge in [0.25, 0.3) is 5.91 Å². The molecule has 1 rings (SSSR count). The number of nitrogens with zero attached hydrogens (tertiary/aromatic N) is 1. The molecule has 1 amide bonds. The Labute approximate surface area is 99.9 Å². The highest BCUT2D eigenvalue weighted by Gasteiger charge is 2.14. The molecule has 1 aromatic rings. The van der Waals surface area contributed by atoms with E-state index in [0.717, 1.165) is 5.69 Å². The van der Waals surface area contributed by atoms with E-state index in [2.05, 4.69) is 10.3 Å². The van der Waals surface area contributed by atoms with Gasteiger partial charge in [0.2, 0.25) is 0 Å². The van der Waals surface area contributed by atoms with Gasteiger partial charge in [-0.2, -0.15) is 0 Å². The highest BCUT2D eigenvalue weighted by Crippen LogP contribution is 2.06. The number of carbonyl (C=O) groups excluding carboxylic acids is 1. The van der Waals surface area contributed by atoms with Crippen LogP contribution in [0.4, 0.5) is 0 Å². The van der Waals surface area contributed by atoms with Crippen LogP contribution in [0.5, 0.6) is 0 Å². The van der Waals surface area contributed by atoms with E-state index in [0.29, 0.717) is 11.3 Å². The second-order valence-electron chi connectivity index (χ2n) is 4.03. The molecule has 1 heterocycles. The summed E-state index contributed by atoms with van der Waals surface area (Å²) in [5, 5.41) is 11.3. The van der Waals surface area contributed by atoms with E-state index < -0.39 is 11.9 Å². The van der Waals surface area contributed by atoms with Crippen molar-refractivity contribution in [2.45, 2.75) is 20.8 Å². The van der Waals surface area contributed by atoms with Gasteiger partial charge in [-0.05, 0) is 26.0 Å². The zero-order chi connectivity index (χ0) is 13.0. The molecule has 0 aliphatic carbocycles. The lowest BCUT2D eigenvalue weighted by molar-refractivity contribution is -0.140. The molecule has 5 heteroatoms. The minimum atomic E-state index is -0.927. The number of aromatic nitrogens is 1. The summed E-state index contributed by atoms with van der Waals surface area (Å²) in [5.41, 5.74) is 1.97. The number of carboxylic acids is 1. The van der Waals surface area contributed by atoms with E-state index >= 15 is 0 Å². The van der Waals surface area contributed by atoms with Crippen LogP contribution in [0.2, 0.25) is 0 Å². The Morgan fingerprint density at radius 3 is 2.59 bits per heavy atom. The maximum absolute atomic E-state index is 11.8. The predicted molar refractivity (Wildman–Crippen MR) is 62.8 cm³/mol. The summed E-state index contributed by atoms with van der Waals surface area (Å²) in [4.78, 5) is 26.5. The molecule has 5 nitrogen and oxygen atoms in total. The van der Waals surface area contributed by atoms with E-state index in [1.165, 1.54) is 0 Å². The first-order valence-electron chi connectivity index (χ1n) is 5.37. The third kappa shape index (κ3) is 3.55. The van der Waals surface area contributed by atoms with Crippen LogP contribution in [0.15, 0.2) is 12.1 Å². The molecular formula is C12H16N2O3. The van der Waals surface area contributed by atoms with E-state index in [4.69, 9.17) is 5.11 Å². The Bertz CT molecular complexity index is 443. The van der Waals surface area contributed by atoms with Crippen molar-refractivity contribution in [3.8, 4) is 0 Å². The van der Waals surface area contributed by atoms with Gasteiger partial charge in [0.15, 0.2) is 0 Å². The van der Waals surface area contributed by atoms with Crippen LogP contribution in [0.25, 0.3) is 0 Å². The Morgan fingerprint density at radius 2 is 2.06 bits per heavy atom. The van der Waals surface area contributed by atoms with Crippen LogP contribution in [0.1, 0.15) is 28.7 Å². The molecule has 0 aliphatic heterocycles. The van der Waals surface area contributed by atoms with Crippen molar-refractivity contribution in [2.75, 3.05) is 6.54 Å². The number of hydrogen-bond acceptors (Lipinski definition) is 3. The fraction of sp³-hybridized carbons (Fsp3) is 0.417. The van der Waals surface area contributed by atoms with Crippen molar-refractivity contribution in [1.29, 1.82) is 0 Å². The molecule has 17 heavy (non-hydrogen) atoms. The lowest BCUT2D eigenvalue weighted by atomic mass is 10.1. The van der Waals surface area contributed by atoms with Crippen molar-refractivity contribution < 1.29 is 14.7 Å². The van der Waals surface area contributed by atoms with E-state index in [1.54, 1.807) is 26.0 Å². The monoisotopic (exact) mass is 236 g/mol. The number of aryl methyl sites for hydroxylation is 2. The molecule has 1 unspecified atom stereocenters. The van der Waals surface area contributed by atoms with E-state index in [-0.39, 0.29) is 12.5 Å². The number of aliphatic carboxylic acids is 1. The van der Waals surface area contributed by atoms with Crippen LogP contribution >= 0.6 is 0 Å². The quantitative estimate of drug-likeness (QED) is 0.821. The van der Waals surface area contributed by atoms with Crippen LogP contribution < -0.4 is 5.32 Å². The Kier molecular flexibility index (Phi) is 4.20. The van der Waals surface area contributed by atoms with Crippen LogP contribution in [0, 0.1) is 19.8 Å². The van der Waals surface area contributed by atoms with Crippen LogP contribution in [-0.4, -0.2) is 28.5 Å². The highest BCUT2D eigenvalue weighted by atomic mass is 16.4. The van der Waals surface area contributed by atoms with Gasteiger partial charge < -0.3 is 10.4 Å². The predicted octanol–water partition coefficient (Wildman–Crippen LogP) is 1.15. The van der Waals surface area contributed by atoms with Gasteiger partial charge in [-0.25, -0.2) is 0 Å². The lowest BCUT2D eigenvalue weighted by Crippen LogP contribution is -2.32. The molecule has 0 aromatic carbocycles. The van der Waals surface area contributed by atoms with Crippen LogP contribution in [0.3, 0.4) is 0 Å². The number of hydrogen-bond donors (Lipinski definition) is 2. The molecule has 0 saturated carbocycles. The first-order chi connectivity index (χ1) is 7.91. The number of carbonyl (C=O) groups is 2. The summed E-state index contributed by atoms with van der Waals surface area (Å²) < 4.78 is 0. The molecule has 92 valence electrons. The first-order valence-corrected chi connectivity index (χ1v) is 5.37. The number of nitrogens with one attached hydrogen (secondary N) is 1. The van der Waals surface area contributed by atoms with Gasteiger partial charge in [0, 0.05) is 12.2 Å². The van der Waals surface area contributed by atoms with Gasteiger partial charge in [-0.1, -0.05) is 6.92 Å². The Hall–Kier alpha value is -1.91. The largest absolute Gasteiger partial charge is 0.481 e. The fourth-order valence-corrected chi connectivity index (χ4v) is 1.35. The van der Waals surface area contributed by atoms with E-state index in [1.807, 2.05) is 6.92 Å². The smallest absolute Gasteiger partial charge is 0.308 e. The fourth-order valence-electron chi connectivity index (χ4n) is 1.35. The van der Waals surface area contributed by atoms with Crippen molar-refractivity contribution in [2.24, 2.45) is 5.92 Å². The summed E-state index contributed by atoms with van der Waals surface area (Å²) in [6.45, 7) is 5.26. The SMILES string of the molecule is Cc1ccc(C(=O)NCC(C)C(=O)O)c(C)n1. The van der Waals surface area contributed by atoms with Crippen molar-refractivity contribution in [3.05, 3.63) is 29.1 Å². The molecule has 0 aliphatic rings. The molecule has 2 N–H and O–H groups in total. The van der Waals surface area contributed by atoms with Crippen molar-refractivity contribution >= 4 is 11.9 Å². The molecule has 0 spiro atoms. The maximum Gasteiger partial charge on any atom is 0.308 e. The molecule has 1 atom stereocenters. The minimum Gasteiger partial charge on any atom is -0.481 e. The summed E-state index contributed by atoms with van der Waals surface area (Å²) in [6, 6.07) is 3.45. The Balaban J connectivity index is 2.67. The van der Waals surface area contributed by atoms with Gasteiger partial charge in [-0.3, -0.25) is 14.6 Å².